The van der Waals surface area contributed by atoms with Gasteiger partial charge in [0.2, 0.25) is 0 Å². The summed E-state index contributed by atoms with van der Waals surface area (Å²) in [5.74, 6) is 0.366. The standard InChI is InChI=1S/C13H14BrN3O2S/c14-11-4-2-1-3-10(11)13-12(15)7-17(16-13)9-5-6-20(18,19)8-9/h1-4,7,9H,5-6,8,15H2. The molecule has 0 spiro atoms. The molecule has 0 amide bonds. The Morgan fingerprint density at radius 2 is 2.10 bits per heavy atom. The molecule has 3 rings (SSSR count). The van der Waals surface area contributed by atoms with Crippen molar-refractivity contribution in [3.8, 4) is 11.3 Å². The minimum absolute atomic E-state index is 0.112. The van der Waals surface area contributed by atoms with Gasteiger partial charge in [-0.2, -0.15) is 5.10 Å². The van der Waals surface area contributed by atoms with Crippen LogP contribution in [0.4, 0.5) is 5.69 Å². The lowest BCUT2D eigenvalue weighted by Gasteiger charge is -2.07. The minimum Gasteiger partial charge on any atom is -0.396 e. The summed E-state index contributed by atoms with van der Waals surface area (Å²) in [5.41, 5.74) is 8.17. The fourth-order valence-corrected chi connectivity index (χ4v) is 4.62. The topological polar surface area (TPSA) is 78.0 Å². The van der Waals surface area contributed by atoms with E-state index in [2.05, 4.69) is 21.0 Å². The summed E-state index contributed by atoms with van der Waals surface area (Å²) in [7, 11) is -2.93. The summed E-state index contributed by atoms with van der Waals surface area (Å²) in [6, 6.07) is 7.58. The molecule has 7 heteroatoms. The molecule has 2 N–H and O–H groups in total. The number of hydrogen-bond donors (Lipinski definition) is 1. The van der Waals surface area contributed by atoms with Gasteiger partial charge in [-0.3, -0.25) is 4.68 Å². The summed E-state index contributed by atoms with van der Waals surface area (Å²) in [5, 5.41) is 4.49. The second-order valence-corrected chi connectivity index (χ2v) is 8.03. The van der Waals surface area contributed by atoms with E-state index in [4.69, 9.17) is 5.73 Å². The summed E-state index contributed by atoms with van der Waals surface area (Å²) in [6.45, 7) is 0. The molecule has 0 aliphatic carbocycles. The normalized spacial score (nSPS) is 21.1. The molecule has 1 saturated heterocycles. The van der Waals surface area contributed by atoms with Gasteiger partial charge in [0.15, 0.2) is 9.84 Å². The minimum atomic E-state index is -2.93. The SMILES string of the molecule is Nc1cn(C2CCS(=O)(=O)C2)nc1-c1ccccc1Br. The Balaban J connectivity index is 1.98. The van der Waals surface area contributed by atoms with Crippen LogP contribution in [-0.2, 0) is 9.84 Å². The van der Waals surface area contributed by atoms with E-state index in [1.54, 1.807) is 10.9 Å². The quantitative estimate of drug-likeness (QED) is 0.895. The molecule has 0 bridgehead atoms. The fraction of sp³-hybridized carbons (Fsp3) is 0.308. The molecule has 1 fully saturated rings. The maximum Gasteiger partial charge on any atom is 0.152 e. The van der Waals surface area contributed by atoms with Crippen molar-refractivity contribution < 1.29 is 8.42 Å². The van der Waals surface area contributed by atoms with Crippen LogP contribution in [0.25, 0.3) is 11.3 Å². The highest BCUT2D eigenvalue weighted by atomic mass is 79.9. The van der Waals surface area contributed by atoms with Gasteiger partial charge < -0.3 is 5.73 Å². The first-order valence-corrected chi connectivity index (χ1v) is 8.88. The first-order valence-electron chi connectivity index (χ1n) is 6.26. The number of aromatic nitrogens is 2. The molecule has 1 atom stereocenters. The predicted molar refractivity (Wildman–Crippen MR) is 82.1 cm³/mol. The molecule has 0 radical (unpaired) electrons. The molecule has 5 nitrogen and oxygen atoms in total. The van der Waals surface area contributed by atoms with Crippen LogP contribution < -0.4 is 5.73 Å². The van der Waals surface area contributed by atoms with Crippen LogP contribution in [0, 0.1) is 0 Å². The first-order chi connectivity index (χ1) is 9.46. The van der Waals surface area contributed by atoms with Gasteiger partial charge in [-0.25, -0.2) is 8.42 Å². The summed E-state index contributed by atoms with van der Waals surface area (Å²) >= 11 is 3.48. The molecule has 1 unspecified atom stereocenters. The van der Waals surface area contributed by atoms with Crippen LogP contribution in [0.3, 0.4) is 0 Å². The van der Waals surface area contributed by atoms with Crippen LogP contribution in [-0.4, -0.2) is 29.7 Å². The Bertz CT molecular complexity index is 755. The van der Waals surface area contributed by atoms with Gasteiger partial charge in [0.05, 0.1) is 23.2 Å². The van der Waals surface area contributed by atoms with Gasteiger partial charge in [-0.1, -0.05) is 34.1 Å². The van der Waals surface area contributed by atoms with E-state index in [0.29, 0.717) is 17.8 Å². The van der Waals surface area contributed by atoms with E-state index >= 15 is 0 Å². The van der Waals surface area contributed by atoms with Crippen LogP contribution in [0.1, 0.15) is 12.5 Å². The molecule has 20 heavy (non-hydrogen) atoms. The number of benzene rings is 1. The zero-order chi connectivity index (χ0) is 14.3. The zero-order valence-electron chi connectivity index (χ0n) is 10.7. The number of halogens is 1. The number of nitrogens with zero attached hydrogens (tertiary/aromatic N) is 2. The molecule has 106 valence electrons. The molecule has 1 aliphatic heterocycles. The number of nitrogen functional groups attached to an aromatic ring is 1. The Kier molecular flexibility index (Phi) is 3.33. The Labute approximate surface area is 125 Å². The van der Waals surface area contributed by atoms with E-state index in [9.17, 15) is 8.42 Å². The Morgan fingerprint density at radius 1 is 1.35 bits per heavy atom. The highest BCUT2D eigenvalue weighted by molar-refractivity contribution is 9.10. The molecule has 1 aromatic heterocycles. The van der Waals surface area contributed by atoms with Crippen molar-refractivity contribution in [2.45, 2.75) is 12.5 Å². The second-order valence-electron chi connectivity index (χ2n) is 4.95. The number of anilines is 1. The Morgan fingerprint density at radius 3 is 2.75 bits per heavy atom. The second kappa shape index (κ2) is 4.89. The van der Waals surface area contributed by atoms with Crippen molar-refractivity contribution in [1.29, 1.82) is 0 Å². The lowest BCUT2D eigenvalue weighted by molar-refractivity contribution is 0.501. The number of nitrogens with two attached hydrogens (primary N) is 1. The van der Waals surface area contributed by atoms with Crippen molar-refractivity contribution in [2.75, 3.05) is 17.2 Å². The molecular formula is C13H14BrN3O2S. The van der Waals surface area contributed by atoms with Gasteiger partial charge in [-0.05, 0) is 12.5 Å². The lowest BCUT2D eigenvalue weighted by atomic mass is 10.1. The molecule has 1 aromatic carbocycles. The third-order valence-corrected chi connectivity index (χ3v) is 5.91. The van der Waals surface area contributed by atoms with Crippen LogP contribution in [0.5, 0.6) is 0 Å². The van der Waals surface area contributed by atoms with Crippen molar-refractivity contribution >= 4 is 31.5 Å². The van der Waals surface area contributed by atoms with E-state index in [1.165, 1.54) is 0 Å². The van der Waals surface area contributed by atoms with Gasteiger partial charge in [0.25, 0.3) is 0 Å². The van der Waals surface area contributed by atoms with Crippen LogP contribution in [0.2, 0.25) is 0 Å². The van der Waals surface area contributed by atoms with Crippen molar-refractivity contribution in [3.05, 3.63) is 34.9 Å². The van der Waals surface area contributed by atoms with Gasteiger partial charge >= 0.3 is 0 Å². The number of sulfone groups is 1. The monoisotopic (exact) mass is 355 g/mol. The third kappa shape index (κ3) is 2.47. The van der Waals surface area contributed by atoms with E-state index in [1.807, 2.05) is 24.3 Å². The van der Waals surface area contributed by atoms with Gasteiger partial charge in [0.1, 0.15) is 5.69 Å². The third-order valence-electron chi connectivity index (χ3n) is 3.47. The number of hydrogen-bond acceptors (Lipinski definition) is 4. The molecule has 2 aromatic rings. The molecule has 2 heterocycles. The lowest BCUT2D eigenvalue weighted by Crippen LogP contribution is -2.11. The highest BCUT2D eigenvalue weighted by Crippen LogP contribution is 2.33. The first kappa shape index (κ1) is 13.6. The summed E-state index contributed by atoms with van der Waals surface area (Å²) < 4.78 is 25.7. The molecular weight excluding hydrogens is 342 g/mol. The van der Waals surface area contributed by atoms with Gasteiger partial charge in [0, 0.05) is 16.2 Å². The van der Waals surface area contributed by atoms with Crippen molar-refractivity contribution in [3.63, 3.8) is 0 Å². The van der Waals surface area contributed by atoms with E-state index in [0.717, 1.165) is 10.0 Å². The average Bonchev–Trinajstić information content (AvgIpc) is 2.93. The van der Waals surface area contributed by atoms with E-state index in [-0.39, 0.29) is 17.5 Å². The maximum atomic E-state index is 11.6. The van der Waals surface area contributed by atoms with E-state index < -0.39 is 9.84 Å². The zero-order valence-corrected chi connectivity index (χ0v) is 13.1. The van der Waals surface area contributed by atoms with Crippen molar-refractivity contribution in [1.82, 2.24) is 9.78 Å². The number of rotatable bonds is 2. The summed E-state index contributed by atoms with van der Waals surface area (Å²) in [6.07, 6.45) is 2.32. The molecule has 0 saturated carbocycles. The van der Waals surface area contributed by atoms with Crippen LogP contribution >= 0.6 is 15.9 Å². The van der Waals surface area contributed by atoms with Gasteiger partial charge in [-0.15, -0.1) is 0 Å². The largest absolute Gasteiger partial charge is 0.396 e. The Hall–Kier alpha value is -1.34. The predicted octanol–water partition coefficient (Wildman–Crippen LogP) is 2.25. The smallest absolute Gasteiger partial charge is 0.152 e. The fourth-order valence-electron chi connectivity index (χ4n) is 2.44. The van der Waals surface area contributed by atoms with Crippen molar-refractivity contribution in [2.24, 2.45) is 0 Å². The highest BCUT2D eigenvalue weighted by Gasteiger charge is 2.30. The maximum absolute atomic E-state index is 11.6. The van der Waals surface area contributed by atoms with Crippen LogP contribution in [0.15, 0.2) is 34.9 Å². The molecule has 1 aliphatic rings. The average molecular weight is 356 g/mol. The summed E-state index contributed by atoms with van der Waals surface area (Å²) in [4.78, 5) is 0.